The van der Waals surface area contributed by atoms with Crippen LogP contribution in [0, 0.1) is 11.7 Å². The van der Waals surface area contributed by atoms with Gasteiger partial charge in [0.05, 0.1) is 42.1 Å². The Kier molecular flexibility index (Phi) is 4.72. The Morgan fingerprint density at radius 3 is 2.76 bits per heavy atom. The van der Waals surface area contributed by atoms with Gasteiger partial charge in [-0.2, -0.15) is 0 Å². The molecule has 2 aromatic heterocycles. The highest BCUT2D eigenvalue weighted by Crippen LogP contribution is 2.45. The van der Waals surface area contributed by atoms with Gasteiger partial charge in [0.2, 0.25) is 5.88 Å². The third kappa shape index (κ3) is 3.60. The third-order valence-electron chi connectivity index (χ3n) is 7.00. The van der Waals surface area contributed by atoms with Crippen molar-refractivity contribution < 1.29 is 18.6 Å². The van der Waals surface area contributed by atoms with Crippen molar-refractivity contribution in [1.29, 1.82) is 0 Å². The maximum atomic E-state index is 14.7. The Labute approximate surface area is 169 Å². The van der Waals surface area contributed by atoms with E-state index in [9.17, 15) is 4.39 Å². The number of aryl methyl sites for hydroxylation is 1. The first kappa shape index (κ1) is 19.2. The van der Waals surface area contributed by atoms with Gasteiger partial charge in [-0.15, -0.1) is 0 Å². The largest absolute Gasteiger partial charge is 0.475 e. The predicted molar refractivity (Wildman–Crippen MR) is 106 cm³/mol. The summed E-state index contributed by atoms with van der Waals surface area (Å²) < 4.78 is 32.1. The second kappa shape index (κ2) is 7.15. The van der Waals surface area contributed by atoms with Crippen LogP contribution in [-0.2, 0) is 15.9 Å². The highest BCUT2D eigenvalue weighted by molar-refractivity contribution is 5.78. The van der Waals surface area contributed by atoms with Crippen LogP contribution in [0.1, 0.15) is 44.6 Å². The number of pyridine rings is 2. The van der Waals surface area contributed by atoms with Gasteiger partial charge < -0.3 is 19.9 Å². The van der Waals surface area contributed by atoms with Crippen LogP contribution in [0.2, 0.25) is 0 Å². The number of halogens is 1. The number of aromatic nitrogens is 2. The van der Waals surface area contributed by atoms with Gasteiger partial charge >= 0.3 is 0 Å². The van der Waals surface area contributed by atoms with Crippen LogP contribution in [0.15, 0.2) is 18.3 Å². The number of fused-ring (bicyclic) bond motifs is 4. The predicted octanol–water partition coefficient (Wildman–Crippen LogP) is 3.16. The average Bonchev–Trinajstić information content (AvgIpc) is 2.73. The molecule has 0 spiro atoms. The average molecular weight is 401 g/mol. The molecule has 3 saturated heterocycles. The fourth-order valence-electron chi connectivity index (χ4n) is 4.66. The smallest absolute Gasteiger partial charge is 0.214 e. The van der Waals surface area contributed by atoms with Crippen LogP contribution >= 0.6 is 0 Å². The molecule has 0 radical (unpaired) electrons. The minimum absolute atomic E-state index is 0.0983. The molecule has 7 heteroatoms. The minimum atomic E-state index is -0.325. The fraction of sp³-hybridized carbons (Fsp3) is 0.636. The number of hydrogen-bond acceptors (Lipinski definition) is 6. The van der Waals surface area contributed by atoms with Gasteiger partial charge in [0.25, 0.3) is 0 Å². The molecule has 2 bridgehead atoms. The van der Waals surface area contributed by atoms with E-state index in [0.29, 0.717) is 48.0 Å². The zero-order chi connectivity index (χ0) is 20.1. The summed E-state index contributed by atoms with van der Waals surface area (Å²) in [7, 11) is 0. The zero-order valence-corrected chi connectivity index (χ0v) is 16.8. The van der Waals surface area contributed by atoms with E-state index in [2.05, 4.69) is 16.9 Å². The summed E-state index contributed by atoms with van der Waals surface area (Å²) in [5.41, 5.74) is 7.81. The Morgan fingerprint density at radius 2 is 2.10 bits per heavy atom. The first-order chi connectivity index (χ1) is 14.0. The minimum Gasteiger partial charge on any atom is -0.475 e. The number of nitrogens with two attached hydrogens (primary N) is 1. The van der Waals surface area contributed by atoms with E-state index >= 15 is 0 Å². The molecule has 6 nitrogen and oxygen atoms in total. The van der Waals surface area contributed by atoms with E-state index in [1.54, 1.807) is 6.07 Å². The lowest BCUT2D eigenvalue weighted by molar-refractivity contribution is -0.156. The van der Waals surface area contributed by atoms with Crippen molar-refractivity contribution in [3.8, 4) is 5.88 Å². The summed E-state index contributed by atoms with van der Waals surface area (Å²) in [4.78, 5) is 8.78. The van der Waals surface area contributed by atoms with Gasteiger partial charge in [-0.3, -0.25) is 4.98 Å². The van der Waals surface area contributed by atoms with E-state index in [-0.39, 0.29) is 23.1 Å². The second-order valence-electron chi connectivity index (χ2n) is 9.10. The Balaban J connectivity index is 1.34. The summed E-state index contributed by atoms with van der Waals surface area (Å²) in [6, 6.07) is 3.62. The highest BCUT2D eigenvalue weighted by atomic mass is 19.1. The molecule has 6 rings (SSSR count). The maximum absolute atomic E-state index is 14.7. The van der Waals surface area contributed by atoms with Crippen molar-refractivity contribution >= 4 is 11.0 Å². The molecule has 4 aliphatic rings. The van der Waals surface area contributed by atoms with Gasteiger partial charge in [-0.1, -0.05) is 6.92 Å². The van der Waals surface area contributed by atoms with Crippen LogP contribution in [0.5, 0.6) is 5.88 Å². The SMILES string of the molecule is C[C@@H]1CO[C@@H]1COc1ccc2ncc(F)c(CCC34CCC(N)(CC3)CO4)c2n1. The van der Waals surface area contributed by atoms with E-state index in [1.807, 2.05) is 6.07 Å². The first-order valence-electron chi connectivity index (χ1n) is 10.6. The normalized spacial score (nSPS) is 33.6. The quantitative estimate of drug-likeness (QED) is 0.801. The lowest BCUT2D eigenvalue weighted by Crippen LogP contribution is -2.59. The van der Waals surface area contributed by atoms with Gasteiger partial charge in [-0.25, -0.2) is 9.37 Å². The van der Waals surface area contributed by atoms with Crippen LogP contribution in [0.3, 0.4) is 0 Å². The topological polar surface area (TPSA) is 79.5 Å². The third-order valence-corrected chi connectivity index (χ3v) is 7.00. The Bertz CT molecular complexity index is 897. The summed E-state index contributed by atoms with van der Waals surface area (Å²) in [5.74, 6) is 0.642. The molecule has 4 fully saturated rings. The molecule has 0 unspecified atom stereocenters. The molecule has 2 atom stereocenters. The van der Waals surface area contributed by atoms with E-state index in [1.165, 1.54) is 6.20 Å². The fourth-order valence-corrected chi connectivity index (χ4v) is 4.66. The molecule has 3 aliphatic heterocycles. The van der Waals surface area contributed by atoms with E-state index < -0.39 is 0 Å². The molecule has 1 aliphatic carbocycles. The molecule has 29 heavy (non-hydrogen) atoms. The van der Waals surface area contributed by atoms with Crippen LogP contribution < -0.4 is 10.5 Å². The maximum Gasteiger partial charge on any atom is 0.214 e. The molecular weight excluding hydrogens is 373 g/mol. The molecule has 2 aromatic rings. The molecular formula is C22H28FN3O3. The zero-order valence-electron chi connectivity index (χ0n) is 16.8. The summed E-state index contributed by atoms with van der Waals surface area (Å²) in [6.45, 7) is 3.96. The summed E-state index contributed by atoms with van der Waals surface area (Å²) >= 11 is 0. The number of ether oxygens (including phenoxy) is 3. The van der Waals surface area contributed by atoms with Gasteiger partial charge in [0.1, 0.15) is 12.4 Å². The van der Waals surface area contributed by atoms with Crippen molar-refractivity contribution in [2.75, 3.05) is 19.8 Å². The Morgan fingerprint density at radius 1 is 1.28 bits per heavy atom. The van der Waals surface area contributed by atoms with Gasteiger partial charge in [-0.05, 0) is 44.6 Å². The van der Waals surface area contributed by atoms with Gasteiger partial charge in [0, 0.05) is 23.1 Å². The monoisotopic (exact) mass is 401 g/mol. The molecule has 156 valence electrons. The van der Waals surface area contributed by atoms with Gasteiger partial charge in [0.15, 0.2) is 0 Å². The standard InChI is InChI=1S/C22H28FN3O3/c1-14-11-27-18(14)12-28-19-3-2-17-20(26-19)15(16(23)10-25-17)4-5-22-8-6-21(24,7-9-22)13-29-22/h2-3,10,14,18H,4-9,11-13,24H2,1H3/t14-,18-,21?,22?/m1/s1. The van der Waals surface area contributed by atoms with Crippen LogP contribution in [-0.4, -0.2) is 47.0 Å². The number of rotatable bonds is 6. The Hall–Kier alpha value is -1.83. The molecule has 1 saturated carbocycles. The van der Waals surface area contributed by atoms with Crippen LogP contribution in [0.25, 0.3) is 11.0 Å². The highest BCUT2D eigenvalue weighted by Gasteiger charge is 2.47. The second-order valence-corrected chi connectivity index (χ2v) is 9.10. The van der Waals surface area contributed by atoms with E-state index in [0.717, 1.165) is 38.7 Å². The molecule has 2 N–H and O–H groups in total. The van der Waals surface area contributed by atoms with Crippen LogP contribution in [0.4, 0.5) is 4.39 Å². The van der Waals surface area contributed by atoms with E-state index in [4.69, 9.17) is 19.9 Å². The number of hydrogen-bond donors (Lipinski definition) is 1. The van der Waals surface area contributed by atoms with Crippen molar-refractivity contribution in [1.82, 2.24) is 9.97 Å². The van der Waals surface area contributed by atoms with Crippen molar-refractivity contribution in [3.63, 3.8) is 0 Å². The molecule has 5 heterocycles. The summed E-state index contributed by atoms with van der Waals surface area (Å²) in [5, 5.41) is 0. The molecule has 0 amide bonds. The first-order valence-corrected chi connectivity index (χ1v) is 10.6. The number of nitrogens with zero attached hydrogens (tertiary/aromatic N) is 2. The van der Waals surface area contributed by atoms with Crippen molar-refractivity contribution in [2.24, 2.45) is 11.7 Å². The lowest BCUT2D eigenvalue weighted by Gasteiger charge is -2.51. The van der Waals surface area contributed by atoms with Crippen molar-refractivity contribution in [2.45, 2.75) is 62.7 Å². The lowest BCUT2D eigenvalue weighted by atomic mass is 9.70. The summed E-state index contributed by atoms with van der Waals surface area (Å²) in [6.07, 6.45) is 6.54. The molecule has 0 aromatic carbocycles. The van der Waals surface area contributed by atoms with Crippen molar-refractivity contribution in [3.05, 3.63) is 29.7 Å².